The first kappa shape index (κ1) is 15.2. The first-order valence-corrected chi connectivity index (χ1v) is 7.90. The van der Waals surface area contributed by atoms with E-state index in [9.17, 15) is 20.2 Å². The molecular formula is C14H13N5O3S. The highest BCUT2D eigenvalue weighted by atomic mass is 32.1. The van der Waals surface area contributed by atoms with Gasteiger partial charge < -0.3 is 20.0 Å². The van der Waals surface area contributed by atoms with Gasteiger partial charge in [0, 0.05) is 17.8 Å². The summed E-state index contributed by atoms with van der Waals surface area (Å²) < 4.78 is 1.50. The van der Waals surface area contributed by atoms with Gasteiger partial charge in [-0.3, -0.25) is 4.79 Å². The molecule has 0 aromatic carbocycles. The predicted octanol–water partition coefficient (Wildman–Crippen LogP) is 2.24. The van der Waals surface area contributed by atoms with Gasteiger partial charge in [0.05, 0.1) is 5.56 Å². The van der Waals surface area contributed by atoms with Gasteiger partial charge in [-0.15, -0.1) is 11.3 Å². The van der Waals surface area contributed by atoms with E-state index in [1.807, 2.05) is 0 Å². The van der Waals surface area contributed by atoms with Crippen molar-refractivity contribution in [1.82, 2.24) is 9.55 Å². The molecule has 1 amide bonds. The van der Waals surface area contributed by atoms with E-state index in [1.54, 1.807) is 0 Å². The summed E-state index contributed by atoms with van der Waals surface area (Å²) in [7, 11) is 0. The van der Waals surface area contributed by atoms with Gasteiger partial charge in [0.2, 0.25) is 12.2 Å². The van der Waals surface area contributed by atoms with E-state index in [4.69, 9.17) is 0 Å². The van der Waals surface area contributed by atoms with Crippen molar-refractivity contribution in [2.24, 2.45) is 0 Å². The lowest BCUT2D eigenvalue weighted by atomic mass is 10.1. The number of thiophene rings is 1. The Morgan fingerprint density at radius 1 is 1.57 bits per heavy atom. The van der Waals surface area contributed by atoms with Gasteiger partial charge >= 0.3 is 5.82 Å². The second-order valence-electron chi connectivity index (χ2n) is 5.20. The third-order valence-electron chi connectivity index (χ3n) is 3.69. The number of nitro groups is 1. The standard InChI is InChI=1S/C14H13N5O3S/c15-6-10-9-2-1-3-11(9)23-14(10)17-13(20)4-5-18-7-12(16-8-18)19(21)22/h7-8H,1-5H2,(H,17,20). The van der Waals surface area contributed by atoms with E-state index in [0.29, 0.717) is 17.1 Å². The molecule has 2 aromatic heterocycles. The molecule has 0 atom stereocenters. The summed E-state index contributed by atoms with van der Waals surface area (Å²) in [6.07, 6.45) is 5.68. The molecule has 0 spiro atoms. The topological polar surface area (TPSA) is 114 Å². The fourth-order valence-electron chi connectivity index (χ4n) is 2.60. The minimum absolute atomic E-state index is 0.154. The number of hydrogen-bond donors (Lipinski definition) is 1. The number of rotatable bonds is 5. The number of anilines is 1. The van der Waals surface area contributed by atoms with Gasteiger partial charge in [0.15, 0.2) is 0 Å². The third kappa shape index (κ3) is 3.07. The Hall–Kier alpha value is -2.73. The number of imidazole rings is 1. The number of carbonyl (C=O) groups is 1. The van der Waals surface area contributed by atoms with Gasteiger partial charge in [0.25, 0.3) is 0 Å². The third-order valence-corrected chi connectivity index (χ3v) is 4.90. The molecule has 0 saturated carbocycles. The van der Waals surface area contributed by atoms with Gasteiger partial charge in [-0.2, -0.15) is 5.26 Å². The number of nitrogens with one attached hydrogen (secondary N) is 1. The molecule has 1 aliphatic rings. The minimum atomic E-state index is -0.580. The quantitative estimate of drug-likeness (QED) is 0.666. The lowest BCUT2D eigenvalue weighted by molar-refractivity contribution is -0.389. The van der Waals surface area contributed by atoms with Crippen molar-refractivity contribution >= 4 is 28.1 Å². The SMILES string of the molecule is N#Cc1c(NC(=O)CCn2cnc([N+](=O)[O-])c2)sc2c1CCC2. The fraction of sp³-hybridized carbons (Fsp3) is 0.357. The van der Waals surface area contributed by atoms with Crippen LogP contribution in [0.3, 0.4) is 0 Å². The average molecular weight is 331 g/mol. The smallest absolute Gasteiger partial charge is 0.358 e. The van der Waals surface area contributed by atoms with Crippen LogP contribution in [0.25, 0.3) is 0 Å². The molecule has 2 aromatic rings. The van der Waals surface area contributed by atoms with E-state index in [0.717, 1.165) is 24.8 Å². The highest BCUT2D eigenvalue weighted by Crippen LogP contribution is 2.38. The van der Waals surface area contributed by atoms with Gasteiger partial charge in [-0.25, -0.2) is 0 Å². The maximum atomic E-state index is 12.0. The number of nitrogens with zero attached hydrogens (tertiary/aromatic N) is 4. The van der Waals surface area contributed by atoms with Crippen LogP contribution in [0.1, 0.15) is 28.8 Å². The summed E-state index contributed by atoms with van der Waals surface area (Å²) >= 11 is 1.47. The van der Waals surface area contributed by atoms with Crippen LogP contribution in [0.5, 0.6) is 0 Å². The van der Waals surface area contributed by atoms with Crippen molar-refractivity contribution in [2.45, 2.75) is 32.2 Å². The first-order valence-electron chi connectivity index (χ1n) is 7.09. The molecule has 0 radical (unpaired) electrons. The molecule has 0 saturated heterocycles. The molecule has 8 nitrogen and oxygen atoms in total. The number of amides is 1. The average Bonchev–Trinajstić information content (AvgIpc) is 3.20. The van der Waals surface area contributed by atoms with Gasteiger partial charge in [-0.05, 0) is 34.7 Å². The largest absolute Gasteiger partial charge is 0.381 e. The van der Waals surface area contributed by atoms with Crippen LogP contribution in [0, 0.1) is 21.4 Å². The van der Waals surface area contributed by atoms with Gasteiger partial charge in [-0.1, -0.05) is 0 Å². The van der Waals surface area contributed by atoms with E-state index in [-0.39, 0.29) is 18.1 Å². The molecule has 9 heteroatoms. The summed E-state index contributed by atoms with van der Waals surface area (Å²) in [5.41, 5.74) is 1.65. The van der Waals surface area contributed by atoms with Crippen LogP contribution in [0.4, 0.5) is 10.8 Å². The fourth-order valence-corrected chi connectivity index (χ4v) is 3.85. The minimum Gasteiger partial charge on any atom is -0.358 e. The number of carbonyl (C=O) groups excluding carboxylic acids is 1. The summed E-state index contributed by atoms with van der Waals surface area (Å²) in [6, 6.07) is 2.18. The summed E-state index contributed by atoms with van der Waals surface area (Å²) in [4.78, 5) is 26.8. The molecule has 0 bridgehead atoms. The monoisotopic (exact) mass is 331 g/mol. The molecule has 0 unspecified atom stereocenters. The molecule has 1 N–H and O–H groups in total. The van der Waals surface area contributed by atoms with E-state index in [2.05, 4.69) is 16.4 Å². The first-order chi connectivity index (χ1) is 11.1. The lowest BCUT2D eigenvalue weighted by Crippen LogP contribution is -2.14. The summed E-state index contributed by atoms with van der Waals surface area (Å²) in [5.74, 6) is -0.468. The zero-order chi connectivity index (χ0) is 16.4. The number of fused-ring (bicyclic) bond motifs is 1. The van der Waals surface area contributed by atoms with Crippen molar-refractivity contribution in [1.29, 1.82) is 5.26 Å². The maximum Gasteiger partial charge on any atom is 0.381 e. The second-order valence-corrected chi connectivity index (χ2v) is 6.30. The van der Waals surface area contributed by atoms with Crippen LogP contribution < -0.4 is 5.32 Å². The van der Waals surface area contributed by atoms with Crippen molar-refractivity contribution in [3.63, 3.8) is 0 Å². The van der Waals surface area contributed by atoms with Crippen LogP contribution in [0.15, 0.2) is 12.5 Å². The van der Waals surface area contributed by atoms with Crippen LogP contribution in [0.2, 0.25) is 0 Å². The number of aryl methyl sites for hydroxylation is 2. The number of aromatic nitrogens is 2. The molecule has 1 aliphatic carbocycles. The molecule has 0 aliphatic heterocycles. The maximum absolute atomic E-state index is 12.0. The van der Waals surface area contributed by atoms with E-state index < -0.39 is 4.92 Å². The van der Waals surface area contributed by atoms with Crippen LogP contribution in [-0.4, -0.2) is 20.4 Å². The predicted molar refractivity (Wildman–Crippen MR) is 83.2 cm³/mol. The Bertz CT molecular complexity index is 817. The molecular weight excluding hydrogens is 318 g/mol. The van der Waals surface area contributed by atoms with E-state index >= 15 is 0 Å². The molecule has 2 heterocycles. The Balaban J connectivity index is 1.61. The summed E-state index contributed by atoms with van der Waals surface area (Å²) in [6.45, 7) is 0.291. The highest BCUT2D eigenvalue weighted by Gasteiger charge is 2.23. The van der Waals surface area contributed by atoms with E-state index in [1.165, 1.54) is 33.3 Å². The molecule has 118 valence electrons. The summed E-state index contributed by atoms with van der Waals surface area (Å²) in [5, 5.41) is 23.2. The number of hydrogen-bond acceptors (Lipinski definition) is 6. The van der Waals surface area contributed by atoms with Crippen molar-refractivity contribution in [3.05, 3.63) is 38.6 Å². The van der Waals surface area contributed by atoms with Crippen molar-refractivity contribution in [3.8, 4) is 6.07 Å². The zero-order valence-electron chi connectivity index (χ0n) is 12.1. The van der Waals surface area contributed by atoms with Crippen molar-refractivity contribution in [2.75, 3.05) is 5.32 Å². The molecule has 23 heavy (non-hydrogen) atoms. The van der Waals surface area contributed by atoms with Crippen LogP contribution in [-0.2, 0) is 24.2 Å². The second kappa shape index (κ2) is 6.18. The Morgan fingerprint density at radius 2 is 2.39 bits per heavy atom. The molecule has 0 fully saturated rings. The molecule has 3 rings (SSSR count). The normalized spacial score (nSPS) is 12.7. The zero-order valence-corrected chi connectivity index (χ0v) is 12.9. The van der Waals surface area contributed by atoms with Crippen molar-refractivity contribution < 1.29 is 9.72 Å². The lowest BCUT2D eigenvalue weighted by Gasteiger charge is -2.04. The van der Waals surface area contributed by atoms with Crippen LogP contribution >= 0.6 is 11.3 Å². The van der Waals surface area contributed by atoms with Gasteiger partial charge in [0.1, 0.15) is 17.3 Å². The Labute approximate surface area is 135 Å². The Morgan fingerprint density at radius 3 is 3.09 bits per heavy atom. The Kier molecular flexibility index (Phi) is 4.08. The number of nitriles is 1. The highest BCUT2D eigenvalue weighted by molar-refractivity contribution is 7.16.